The third-order valence-electron chi connectivity index (χ3n) is 4.56. The lowest BCUT2D eigenvalue weighted by molar-refractivity contribution is -0.149. The highest BCUT2D eigenvalue weighted by atomic mass is 19.4. The molecule has 23 heavy (non-hydrogen) atoms. The Hall–Kier alpha value is -1.86. The first-order chi connectivity index (χ1) is 10.8. The van der Waals surface area contributed by atoms with Gasteiger partial charge >= 0.3 is 6.18 Å². The fourth-order valence-corrected chi connectivity index (χ4v) is 2.99. The summed E-state index contributed by atoms with van der Waals surface area (Å²) in [4.78, 5) is 15.2. The Morgan fingerprint density at radius 3 is 2.78 bits per heavy atom. The fraction of sp³-hybridized carbons (Fsp3) is 0.667. The summed E-state index contributed by atoms with van der Waals surface area (Å²) in [5.74, 6) is 0.324. The number of carbonyl (C=O) groups excluding carboxylic acids is 1. The molecule has 1 aliphatic heterocycles. The normalized spacial score (nSPS) is 17.8. The van der Waals surface area contributed by atoms with E-state index >= 15 is 0 Å². The molecular weight excluding hydrogens is 309 g/mol. The summed E-state index contributed by atoms with van der Waals surface area (Å²) in [6.07, 6.45) is -2.75. The number of rotatable bonds is 4. The summed E-state index contributed by atoms with van der Waals surface area (Å²) in [5, 5.41) is 8.43. The van der Waals surface area contributed by atoms with Gasteiger partial charge in [0.15, 0.2) is 5.82 Å². The molecule has 5 nitrogen and oxygen atoms in total. The molecule has 1 aromatic rings. The van der Waals surface area contributed by atoms with Crippen molar-refractivity contribution in [2.24, 2.45) is 0 Å². The van der Waals surface area contributed by atoms with Crippen molar-refractivity contribution in [2.75, 3.05) is 25.0 Å². The number of hydrogen-bond donors (Lipinski definition) is 0. The minimum Gasteiger partial charge on any atom is -0.351 e. The highest BCUT2D eigenvalue weighted by Gasteiger charge is 2.35. The average molecular weight is 328 g/mol. The third kappa shape index (κ3) is 3.56. The Balaban J connectivity index is 1.51. The zero-order valence-electron chi connectivity index (χ0n) is 12.9. The van der Waals surface area contributed by atoms with Crippen molar-refractivity contribution in [2.45, 2.75) is 44.3 Å². The molecule has 1 aromatic heterocycles. The number of alkyl halides is 3. The van der Waals surface area contributed by atoms with E-state index in [-0.39, 0.29) is 6.04 Å². The molecule has 126 valence electrons. The van der Waals surface area contributed by atoms with Crippen LogP contribution in [0.25, 0.3) is 0 Å². The number of aromatic nitrogens is 2. The van der Waals surface area contributed by atoms with Gasteiger partial charge in [-0.15, -0.1) is 5.10 Å². The van der Waals surface area contributed by atoms with Crippen LogP contribution < -0.4 is 4.90 Å². The summed E-state index contributed by atoms with van der Waals surface area (Å²) in [6.45, 7) is 1.17. The molecule has 8 heteroatoms. The van der Waals surface area contributed by atoms with E-state index in [1.54, 1.807) is 7.05 Å². The van der Waals surface area contributed by atoms with Crippen LogP contribution >= 0.6 is 0 Å². The van der Waals surface area contributed by atoms with Gasteiger partial charge in [-0.05, 0) is 30.9 Å². The second-order valence-corrected chi connectivity index (χ2v) is 6.21. The van der Waals surface area contributed by atoms with Crippen molar-refractivity contribution in [3.63, 3.8) is 0 Å². The number of hydrogen-bond acceptors (Lipinski definition) is 4. The molecule has 0 radical (unpaired) electrons. The largest absolute Gasteiger partial charge is 0.389 e. The molecule has 0 saturated carbocycles. The van der Waals surface area contributed by atoms with E-state index in [9.17, 15) is 18.0 Å². The molecule has 0 unspecified atom stereocenters. The van der Waals surface area contributed by atoms with Gasteiger partial charge in [0.2, 0.25) is 5.91 Å². The van der Waals surface area contributed by atoms with Crippen LogP contribution in [0, 0.1) is 0 Å². The van der Waals surface area contributed by atoms with Gasteiger partial charge in [-0.3, -0.25) is 4.79 Å². The van der Waals surface area contributed by atoms with Crippen LogP contribution in [-0.2, 0) is 17.6 Å². The lowest BCUT2D eigenvalue weighted by atomic mass is 10.1. The highest BCUT2D eigenvalue weighted by molar-refractivity contribution is 5.76. The van der Waals surface area contributed by atoms with Crippen LogP contribution in [0.15, 0.2) is 6.07 Å². The lowest BCUT2D eigenvalue weighted by Gasteiger charge is -2.44. The summed E-state index contributed by atoms with van der Waals surface area (Å²) in [7, 11) is 1.56. The summed E-state index contributed by atoms with van der Waals surface area (Å²) >= 11 is 0. The lowest BCUT2D eigenvalue weighted by Crippen LogP contribution is -2.60. The summed E-state index contributed by atoms with van der Waals surface area (Å²) in [5.41, 5.74) is 2.29. The van der Waals surface area contributed by atoms with Crippen LogP contribution in [0.4, 0.5) is 19.0 Å². The Labute approximate surface area is 132 Å². The number of aryl methyl sites for hydroxylation is 2. The maximum absolute atomic E-state index is 12.2. The first-order valence-corrected chi connectivity index (χ1v) is 7.76. The topological polar surface area (TPSA) is 49.3 Å². The molecule has 1 fully saturated rings. The van der Waals surface area contributed by atoms with Gasteiger partial charge in [-0.2, -0.15) is 18.3 Å². The maximum atomic E-state index is 12.2. The van der Waals surface area contributed by atoms with Gasteiger partial charge in [-0.25, -0.2) is 0 Å². The minimum absolute atomic E-state index is 0.0641. The molecule has 0 N–H and O–H groups in total. The van der Waals surface area contributed by atoms with E-state index in [1.807, 2.05) is 11.0 Å². The van der Waals surface area contributed by atoms with Crippen molar-refractivity contribution in [1.82, 2.24) is 15.1 Å². The number of fused-ring (bicyclic) bond motifs is 1. The van der Waals surface area contributed by atoms with Crippen molar-refractivity contribution in [1.29, 1.82) is 0 Å². The molecule has 1 saturated heterocycles. The molecule has 1 amide bonds. The number of likely N-dealkylation sites (N-methyl/N-ethyl adjacent to an activating group) is 1. The van der Waals surface area contributed by atoms with Gasteiger partial charge in [0, 0.05) is 26.6 Å². The predicted molar refractivity (Wildman–Crippen MR) is 78.1 cm³/mol. The van der Waals surface area contributed by atoms with E-state index < -0.39 is 24.9 Å². The molecule has 2 aliphatic rings. The van der Waals surface area contributed by atoms with Crippen molar-refractivity contribution < 1.29 is 18.0 Å². The van der Waals surface area contributed by atoms with Gasteiger partial charge in [-0.1, -0.05) is 0 Å². The van der Waals surface area contributed by atoms with E-state index in [0.29, 0.717) is 13.1 Å². The van der Waals surface area contributed by atoms with E-state index in [0.717, 1.165) is 30.8 Å². The van der Waals surface area contributed by atoms with Gasteiger partial charge in [0.25, 0.3) is 0 Å². The van der Waals surface area contributed by atoms with Crippen LogP contribution in [0.5, 0.6) is 0 Å². The highest BCUT2D eigenvalue weighted by Crippen LogP contribution is 2.27. The number of carbonyl (C=O) groups is 1. The van der Waals surface area contributed by atoms with Crippen LogP contribution in [-0.4, -0.2) is 53.4 Å². The third-order valence-corrected chi connectivity index (χ3v) is 4.56. The molecule has 0 spiro atoms. The van der Waals surface area contributed by atoms with E-state index in [2.05, 4.69) is 10.2 Å². The summed E-state index contributed by atoms with van der Waals surface area (Å²) < 4.78 is 36.5. The standard InChI is InChI=1S/C15H19F3N4O/c1-21(14(23)5-6-15(16,17)18)11-8-22(9-11)13-7-10-3-2-4-12(10)19-20-13/h7,11H,2-6,8-9H2,1H3. The Morgan fingerprint density at radius 1 is 1.35 bits per heavy atom. The number of anilines is 1. The molecular formula is C15H19F3N4O. The SMILES string of the molecule is CN(C(=O)CCC(F)(F)F)C1CN(c2cc3c(nn2)CCC3)C1. The summed E-state index contributed by atoms with van der Waals surface area (Å²) in [6, 6.07) is 1.97. The Bertz CT molecular complexity index is 599. The second kappa shape index (κ2) is 5.98. The second-order valence-electron chi connectivity index (χ2n) is 6.21. The first kappa shape index (κ1) is 16.0. The molecule has 3 rings (SSSR count). The Kier molecular flexibility index (Phi) is 4.16. The molecule has 1 aliphatic carbocycles. The molecule has 0 aromatic carbocycles. The average Bonchev–Trinajstić information content (AvgIpc) is 2.89. The van der Waals surface area contributed by atoms with Gasteiger partial charge in [0.1, 0.15) is 0 Å². The molecule has 0 bridgehead atoms. The van der Waals surface area contributed by atoms with Crippen molar-refractivity contribution in [3.05, 3.63) is 17.3 Å². The zero-order chi connectivity index (χ0) is 16.6. The Morgan fingerprint density at radius 2 is 2.09 bits per heavy atom. The first-order valence-electron chi connectivity index (χ1n) is 7.76. The predicted octanol–water partition coefficient (Wildman–Crippen LogP) is 1.95. The quantitative estimate of drug-likeness (QED) is 0.848. The zero-order valence-corrected chi connectivity index (χ0v) is 12.9. The minimum atomic E-state index is -4.29. The smallest absolute Gasteiger partial charge is 0.351 e. The van der Waals surface area contributed by atoms with Crippen LogP contribution in [0.2, 0.25) is 0 Å². The van der Waals surface area contributed by atoms with E-state index in [4.69, 9.17) is 0 Å². The monoisotopic (exact) mass is 328 g/mol. The van der Waals surface area contributed by atoms with Crippen LogP contribution in [0.3, 0.4) is 0 Å². The fourth-order valence-electron chi connectivity index (χ4n) is 2.99. The molecule has 0 atom stereocenters. The van der Waals surface area contributed by atoms with E-state index in [1.165, 1.54) is 10.5 Å². The van der Waals surface area contributed by atoms with Gasteiger partial charge in [0.05, 0.1) is 18.2 Å². The number of amides is 1. The van der Waals surface area contributed by atoms with Gasteiger partial charge < -0.3 is 9.80 Å². The molecule has 2 heterocycles. The maximum Gasteiger partial charge on any atom is 0.389 e. The number of nitrogens with zero attached hydrogens (tertiary/aromatic N) is 4. The number of halogens is 3. The van der Waals surface area contributed by atoms with Crippen molar-refractivity contribution in [3.8, 4) is 0 Å². The van der Waals surface area contributed by atoms with Crippen LogP contribution in [0.1, 0.15) is 30.5 Å². The van der Waals surface area contributed by atoms with Crippen molar-refractivity contribution >= 4 is 11.7 Å².